The van der Waals surface area contributed by atoms with Crippen molar-refractivity contribution in [1.82, 2.24) is 0 Å². The summed E-state index contributed by atoms with van der Waals surface area (Å²) in [6.07, 6.45) is 0.382. The summed E-state index contributed by atoms with van der Waals surface area (Å²) in [7, 11) is 0. The summed E-state index contributed by atoms with van der Waals surface area (Å²) in [5, 5.41) is 13.3. The first-order valence-electron chi connectivity index (χ1n) is 10.7. The maximum absolute atomic E-state index is 13.5. The molecule has 2 amide bonds. The van der Waals surface area contributed by atoms with Crippen LogP contribution in [0.4, 0.5) is 11.4 Å². The minimum Gasteiger partial charge on any atom is -0.321 e. The molecule has 1 aliphatic heterocycles. The minimum atomic E-state index is -0.547. The van der Waals surface area contributed by atoms with Gasteiger partial charge in [-0.05, 0) is 55.2 Å². The van der Waals surface area contributed by atoms with Gasteiger partial charge in [-0.2, -0.15) is 5.26 Å². The molecule has 0 bridgehead atoms. The van der Waals surface area contributed by atoms with E-state index in [-0.39, 0.29) is 11.5 Å². The lowest BCUT2D eigenvalue weighted by Gasteiger charge is -2.19. The van der Waals surface area contributed by atoms with Crippen LogP contribution >= 0.6 is 23.4 Å². The fourth-order valence-electron chi connectivity index (χ4n) is 3.85. The first-order valence-corrected chi connectivity index (χ1v) is 12.0. The molecule has 4 rings (SSSR count). The predicted octanol–water partition coefficient (Wildman–Crippen LogP) is 6.02. The zero-order chi connectivity index (χ0) is 24.2. The molecule has 1 saturated heterocycles. The number of para-hydroxylation sites is 2. The molecule has 170 valence electrons. The molecule has 0 radical (unpaired) electrons. The summed E-state index contributed by atoms with van der Waals surface area (Å²) < 4.78 is 0. The van der Waals surface area contributed by atoms with Gasteiger partial charge >= 0.3 is 0 Å². The second kappa shape index (κ2) is 10.2. The van der Waals surface area contributed by atoms with Crippen LogP contribution in [0.2, 0.25) is 5.02 Å². The van der Waals surface area contributed by atoms with Crippen LogP contribution < -0.4 is 10.2 Å². The Morgan fingerprint density at radius 1 is 1.03 bits per heavy atom. The van der Waals surface area contributed by atoms with E-state index in [1.54, 1.807) is 18.2 Å². The smallest absolute Gasteiger partial charge is 0.269 e. The van der Waals surface area contributed by atoms with Crippen LogP contribution in [0.3, 0.4) is 0 Å². The van der Waals surface area contributed by atoms with Gasteiger partial charge in [-0.3, -0.25) is 14.5 Å². The number of benzene rings is 3. The molecular formula is C27H22ClN3O2S. The molecule has 1 aliphatic rings. The Bertz CT molecular complexity index is 1310. The van der Waals surface area contributed by atoms with E-state index in [0.29, 0.717) is 27.8 Å². The number of hydrogen-bond donors (Lipinski definition) is 1. The number of halogens is 1. The van der Waals surface area contributed by atoms with Crippen LogP contribution in [0.1, 0.15) is 16.7 Å². The quantitative estimate of drug-likeness (QED) is 0.352. The maximum Gasteiger partial charge on any atom is 0.269 e. The van der Waals surface area contributed by atoms with E-state index in [1.165, 1.54) is 16.7 Å². The van der Waals surface area contributed by atoms with Gasteiger partial charge in [0.2, 0.25) is 5.91 Å². The Balaban J connectivity index is 1.75. The van der Waals surface area contributed by atoms with E-state index >= 15 is 0 Å². The van der Waals surface area contributed by atoms with Gasteiger partial charge in [0.15, 0.2) is 0 Å². The van der Waals surface area contributed by atoms with E-state index in [9.17, 15) is 14.9 Å². The lowest BCUT2D eigenvalue weighted by molar-refractivity contribution is -0.117. The highest BCUT2D eigenvalue weighted by Crippen LogP contribution is 2.42. The number of nitriles is 1. The van der Waals surface area contributed by atoms with Crippen molar-refractivity contribution < 1.29 is 9.59 Å². The van der Waals surface area contributed by atoms with Gasteiger partial charge in [-0.25, -0.2) is 0 Å². The Morgan fingerprint density at radius 2 is 1.68 bits per heavy atom. The average molecular weight is 488 g/mol. The van der Waals surface area contributed by atoms with Gasteiger partial charge < -0.3 is 5.32 Å². The number of aryl methyl sites for hydroxylation is 2. The van der Waals surface area contributed by atoms with Gasteiger partial charge in [0, 0.05) is 16.4 Å². The van der Waals surface area contributed by atoms with Crippen LogP contribution in [0.5, 0.6) is 0 Å². The summed E-state index contributed by atoms with van der Waals surface area (Å²) in [5.41, 5.74) is 3.78. The third-order valence-corrected chi connectivity index (χ3v) is 7.23. The molecule has 0 spiro atoms. The molecule has 7 heteroatoms. The largest absolute Gasteiger partial charge is 0.321 e. The first kappa shape index (κ1) is 23.6. The lowest BCUT2D eigenvalue weighted by atomic mass is 10.1. The number of nitrogens with zero attached hydrogens (tertiary/aromatic N) is 2. The molecule has 3 aromatic rings. The highest BCUT2D eigenvalue weighted by atomic mass is 35.5. The number of rotatable bonds is 5. The Labute approximate surface area is 208 Å². The normalized spacial score (nSPS) is 16.8. The van der Waals surface area contributed by atoms with Crippen molar-refractivity contribution in [1.29, 1.82) is 5.26 Å². The Morgan fingerprint density at radius 3 is 2.32 bits per heavy atom. The summed E-state index contributed by atoms with van der Waals surface area (Å²) in [4.78, 5) is 28.3. The fraction of sp³-hybridized carbons (Fsp3) is 0.148. The highest BCUT2D eigenvalue weighted by molar-refractivity contribution is 8.05. The van der Waals surface area contributed by atoms with Crippen molar-refractivity contribution in [2.24, 2.45) is 0 Å². The molecule has 0 aliphatic carbocycles. The molecule has 1 N–H and O–H groups in total. The summed E-state index contributed by atoms with van der Waals surface area (Å²) in [6.45, 7) is 3.79. The number of amides is 2. The van der Waals surface area contributed by atoms with Gasteiger partial charge in [0.1, 0.15) is 16.7 Å². The summed E-state index contributed by atoms with van der Waals surface area (Å²) in [6, 6.07) is 24.2. The molecule has 34 heavy (non-hydrogen) atoms. The third-order valence-electron chi connectivity index (χ3n) is 5.60. The van der Waals surface area contributed by atoms with Crippen LogP contribution in [0.25, 0.3) is 0 Å². The van der Waals surface area contributed by atoms with E-state index in [1.807, 2.05) is 74.5 Å². The SMILES string of the molecule is Cc1cccc(C)c1NC(=O)C(C#N)=C1S[C@@H](Cc2ccccc2Cl)C(=O)N1c1ccccc1. The molecule has 1 fully saturated rings. The van der Waals surface area contributed by atoms with Crippen LogP contribution in [-0.2, 0) is 16.0 Å². The van der Waals surface area contributed by atoms with Crippen molar-refractivity contribution >= 4 is 46.6 Å². The molecule has 3 aromatic carbocycles. The van der Waals surface area contributed by atoms with Gasteiger partial charge in [-0.15, -0.1) is 0 Å². The van der Waals surface area contributed by atoms with Crippen molar-refractivity contribution in [3.63, 3.8) is 0 Å². The molecule has 0 saturated carbocycles. The first-order chi connectivity index (χ1) is 16.4. The Kier molecular flexibility index (Phi) is 7.06. The van der Waals surface area contributed by atoms with Crippen LogP contribution in [0, 0.1) is 25.2 Å². The second-order valence-electron chi connectivity index (χ2n) is 7.92. The zero-order valence-electron chi connectivity index (χ0n) is 18.7. The number of thioether (sulfide) groups is 1. The molecule has 0 unspecified atom stereocenters. The molecule has 1 atom stereocenters. The van der Waals surface area contributed by atoms with E-state index < -0.39 is 11.2 Å². The van der Waals surface area contributed by atoms with Gasteiger partial charge in [0.25, 0.3) is 5.91 Å². The molecular weight excluding hydrogens is 466 g/mol. The summed E-state index contributed by atoms with van der Waals surface area (Å²) in [5.74, 6) is -0.742. The maximum atomic E-state index is 13.5. The van der Waals surface area contributed by atoms with Crippen LogP contribution in [-0.4, -0.2) is 17.1 Å². The van der Waals surface area contributed by atoms with Gasteiger partial charge in [0.05, 0.1) is 5.25 Å². The number of carbonyl (C=O) groups excluding carboxylic acids is 2. The predicted molar refractivity (Wildman–Crippen MR) is 138 cm³/mol. The fourth-order valence-corrected chi connectivity index (χ4v) is 5.36. The number of nitrogens with one attached hydrogen (secondary N) is 1. The number of carbonyl (C=O) groups is 2. The topological polar surface area (TPSA) is 73.2 Å². The van der Waals surface area contributed by atoms with E-state index in [0.717, 1.165) is 16.7 Å². The van der Waals surface area contributed by atoms with E-state index in [4.69, 9.17) is 11.6 Å². The van der Waals surface area contributed by atoms with E-state index in [2.05, 4.69) is 5.32 Å². The molecule has 1 heterocycles. The van der Waals surface area contributed by atoms with Crippen molar-refractivity contribution in [3.05, 3.63) is 105 Å². The van der Waals surface area contributed by atoms with Crippen molar-refractivity contribution in [2.75, 3.05) is 10.2 Å². The molecule has 0 aromatic heterocycles. The number of hydrogen-bond acceptors (Lipinski definition) is 4. The van der Waals surface area contributed by atoms with Gasteiger partial charge in [-0.1, -0.05) is 78.0 Å². The monoisotopic (exact) mass is 487 g/mol. The van der Waals surface area contributed by atoms with Crippen LogP contribution in [0.15, 0.2) is 83.4 Å². The number of anilines is 2. The lowest BCUT2D eigenvalue weighted by Crippen LogP contribution is -2.31. The second-order valence-corrected chi connectivity index (χ2v) is 9.52. The average Bonchev–Trinajstić information content (AvgIpc) is 3.14. The molecule has 5 nitrogen and oxygen atoms in total. The third kappa shape index (κ3) is 4.72. The highest BCUT2D eigenvalue weighted by Gasteiger charge is 2.41. The minimum absolute atomic E-state index is 0.105. The van der Waals surface area contributed by atoms with Crippen molar-refractivity contribution in [3.8, 4) is 6.07 Å². The summed E-state index contributed by atoms with van der Waals surface area (Å²) >= 11 is 7.56. The van der Waals surface area contributed by atoms with Crippen molar-refractivity contribution in [2.45, 2.75) is 25.5 Å². The zero-order valence-corrected chi connectivity index (χ0v) is 20.3. The standard InChI is InChI=1S/C27H22ClN3O2S/c1-17-9-8-10-18(2)24(17)30-25(32)21(16-29)27-31(20-12-4-3-5-13-20)26(33)23(34-27)15-19-11-6-7-14-22(19)28/h3-14,23H,15H2,1-2H3,(H,30,32)/t23-/m0/s1. The Hall–Kier alpha value is -3.53.